The van der Waals surface area contributed by atoms with Crippen molar-refractivity contribution in [3.8, 4) is 11.8 Å². The number of halogens is 3. The second-order valence-corrected chi connectivity index (χ2v) is 8.55. The largest absolute Gasteiger partial charge is 0.435 e. The molecule has 5 nitrogen and oxygen atoms in total. The van der Waals surface area contributed by atoms with Crippen molar-refractivity contribution >= 4 is 31.5 Å². The van der Waals surface area contributed by atoms with Gasteiger partial charge in [-0.3, -0.25) is 0 Å². The molecule has 0 radical (unpaired) electrons. The summed E-state index contributed by atoms with van der Waals surface area (Å²) in [6, 6.07) is 15.0. The smallest absolute Gasteiger partial charge is 0.232 e. The number of fused-ring (bicyclic) bond motifs is 3. The third-order valence-electron chi connectivity index (χ3n) is 4.57. The zero-order valence-electron chi connectivity index (χ0n) is 14.9. The van der Waals surface area contributed by atoms with Gasteiger partial charge in [0.1, 0.15) is 0 Å². The molecule has 9 heteroatoms. The van der Waals surface area contributed by atoms with E-state index in [9.17, 15) is 21.6 Å². The summed E-state index contributed by atoms with van der Waals surface area (Å²) in [6.07, 6.45) is -3.62. The van der Waals surface area contributed by atoms with Crippen LogP contribution in [0.3, 0.4) is 0 Å². The predicted octanol–water partition coefficient (Wildman–Crippen LogP) is 4.47. The van der Waals surface area contributed by atoms with E-state index in [0.29, 0.717) is 16.3 Å². The van der Waals surface area contributed by atoms with E-state index in [2.05, 4.69) is 5.10 Å². The van der Waals surface area contributed by atoms with Crippen LogP contribution in [0.4, 0.5) is 13.2 Å². The van der Waals surface area contributed by atoms with Crippen molar-refractivity contribution in [2.24, 2.45) is 0 Å². The lowest BCUT2D eigenvalue weighted by Crippen LogP contribution is -2.07. The Hall–Kier alpha value is -3.38. The monoisotopic (exact) mass is 415 g/mol. The van der Waals surface area contributed by atoms with Crippen molar-refractivity contribution in [2.75, 3.05) is 6.26 Å². The fourth-order valence-corrected chi connectivity index (χ4v) is 3.87. The van der Waals surface area contributed by atoms with Crippen molar-refractivity contribution in [2.45, 2.75) is 11.1 Å². The van der Waals surface area contributed by atoms with Gasteiger partial charge in [0.05, 0.1) is 27.7 Å². The van der Waals surface area contributed by atoms with Crippen molar-refractivity contribution in [3.63, 3.8) is 0 Å². The highest BCUT2D eigenvalue weighted by Crippen LogP contribution is 2.38. The zero-order valence-corrected chi connectivity index (χ0v) is 15.7. The molecular weight excluding hydrogens is 403 g/mol. The van der Waals surface area contributed by atoms with Gasteiger partial charge in [0.15, 0.2) is 15.5 Å². The Kier molecular flexibility index (Phi) is 4.13. The highest BCUT2D eigenvalue weighted by atomic mass is 32.2. The van der Waals surface area contributed by atoms with Crippen LogP contribution < -0.4 is 0 Å². The highest BCUT2D eigenvalue weighted by Gasteiger charge is 2.37. The van der Waals surface area contributed by atoms with E-state index in [1.807, 2.05) is 6.07 Å². The van der Waals surface area contributed by atoms with Crippen LogP contribution in [0.2, 0.25) is 0 Å². The van der Waals surface area contributed by atoms with Crippen molar-refractivity contribution in [1.82, 2.24) is 9.78 Å². The second-order valence-electron chi connectivity index (χ2n) is 6.53. The van der Waals surface area contributed by atoms with E-state index in [1.165, 1.54) is 42.5 Å². The van der Waals surface area contributed by atoms with Crippen LogP contribution in [-0.2, 0) is 16.0 Å². The van der Waals surface area contributed by atoms with Gasteiger partial charge in [-0.15, -0.1) is 0 Å². The molecule has 0 aliphatic rings. The minimum absolute atomic E-state index is 0.0530. The highest BCUT2D eigenvalue weighted by molar-refractivity contribution is 7.90. The molecule has 4 rings (SSSR count). The number of alkyl halides is 3. The number of hydrogen-bond acceptors (Lipinski definition) is 4. The van der Waals surface area contributed by atoms with Gasteiger partial charge in [-0.2, -0.15) is 23.5 Å². The van der Waals surface area contributed by atoms with Crippen LogP contribution in [0.15, 0.2) is 59.5 Å². The zero-order chi connectivity index (χ0) is 21.0. The maximum atomic E-state index is 13.6. The third-order valence-corrected chi connectivity index (χ3v) is 5.69. The lowest BCUT2D eigenvalue weighted by molar-refractivity contribution is -0.140. The van der Waals surface area contributed by atoms with Crippen LogP contribution in [0.25, 0.3) is 27.4 Å². The summed E-state index contributed by atoms with van der Waals surface area (Å²) in [5.41, 5.74) is -0.136. The lowest BCUT2D eigenvalue weighted by Gasteiger charge is -2.07. The summed E-state index contributed by atoms with van der Waals surface area (Å²) in [6.45, 7) is 0. The summed E-state index contributed by atoms with van der Waals surface area (Å²) >= 11 is 0. The molecule has 0 unspecified atom stereocenters. The topological polar surface area (TPSA) is 75.8 Å². The van der Waals surface area contributed by atoms with Crippen LogP contribution in [0.1, 0.15) is 11.3 Å². The average molecular weight is 415 g/mol. The molecular formula is C20H12F3N3O2S. The first-order valence-electron chi connectivity index (χ1n) is 8.33. The quantitative estimate of drug-likeness (QED) is 0.484. The lowest BCUT2D eigenvalue weighted by atomic mass is 10.0. The Labute approximate surface area is 163 Å². The summed E-state index contributed by atoms with van der Waals surface area (Å²) in [5.74, 6) is 0. The Morgan fingerprint density at radius 1 is 1.00 bits per heavy atom. The molecule has 1 heterocycles. The maximum absolute atomic E-state index is 13.6. The molecule has 146 valence electrons. The average Bonchev–Trinajstić information content (AvgIpc) is 3.07. The number of hydrogen-bond donors (Lipinski definition) is 0. The Bertz CT molecular complexity index is 1410. The van der Waals surface area contributed by atoms with E-state index < -0.39 is 21.7 Å². The van der Waals surface area contributed by atoms with Gasteiger partial charge in [-0.05, 0) is 47.9 Å². The molecule has 0 amide bonds. The first kappa shape index (κ1) is 19.0. The van der Waals surface area contributed by atoms with Crippen molar-refractivity contribution < 1.29 is 21.6 Å². The summed E-state index contributed by atoms with van der Waals surface area (Å²) in [7, 11) is -3.44. The Morgan fingerprint density at radius 2 is 1.66 bits per heavy atom. The molecule has 0 spiro atoms. The molecule has 0 bridgehead atoms. The normalized spacial score (nSPS) is 12.4. The Morgan fingerprint density at radius 3 is 2.24 bits per heavy atom. The van der Waals surface area contributed by atoms with E-state index in [-0.39, 0.29) is 21.5 Å². The van der Waals surface area contributed by atoms with E-state index >= 15 is 0 Å². The first-order valence-corrected chi connectivity index (χ1v) is 10.2. The molecule has 0 saturated carbocycles. The van der Waals surface area contributed by atoms with Gasteiger partial charge in [-0.25, -0.2) is 13.1 Å². The fourth-order valence-electron chi connectivity index (χ4n) is 3.24. The van der Waals surface area contributed by atoms with Gasteiger partial charge in [0.2, 0.25) is 0 Å². The van der Waals surface area contributed by atoms with Gasteiger partial charge in [0, 0.05) is 17.0 Å². The summed E-state index contributed by atoms with van der Waals surface area (Å²) in [5, 5.41) is 13.9. The molecule has 29 heavy (non-hydrogen) atoms. The first-order chi connectivity index (χ1) is 13.6. The SMILES string of the molecule is CS(=O)(=O)c1ccc(-n2nc(C(F)(F)F)c3ccc4cc(C#N)ccc4c32)cc1. The molecule has 0 N–H and O–H groups in total. The van der Waals surface area contributed by atoms with Gasteiger partial charge in [0.25, 0.3) is 0 Å². The van der Waals surface area contributed by atoms with E-state index in [4.69, 9.17) is 5.26 Å². The maximum Gasteiger partial charge on any atom is 0.435 e. The van der Waals surface area contributed by atoms with E-state index in [0.717, 1.165) is 10.9 Å². The minimum atomic E-state index is -4.67. The minimum Gasteiger partial charge on any atom is -0.232 e. The number of benzene rings is 3. The number of rotatable bonds is 2. The molecule has 3 aromatic carbocycles. The molecule has 0 atom stereocenters. The number of aromatic nitrogens is 2. The fraction of sp³-hybridized carbons (Fsp3) is 0.100. The van der Waals surface area contributed by atoms with Crippen molar-refractivity contribution in [3.05, 3.63) is 65.9 Å². The molecule has 0 aliphatic heterocycles. The van der Waals surface area contributed by atoms with Gasteiger partial charge < -0.3 is 0 Å². The molecule has 0 fully saturated rings. The van der Waals surface area contributed by atoms with Crippen LogP contribution in [0.5, 0.6) is 0 Å². The molecule has 1 aromatic heterocycles. The van der Waals surface area contributed by atoms with Crippen LogP contribution in [-0.4, -0.2) is 24.5 Å². The van der Waals surface area contributed by atoms with Crippen molar-refractivity contribution in [1.29, 1.82) is 5.26 Å². The molecule has 0 aliphatic carbocycles. The number of nitriles is 1. The number of sulfone groups is 1. The van der Waals surface area contributed by atoms with E-state index in [1.54, 1.807) is 12.1 Å². The standard InChI is InChI=1S/C20H12F3N3O2S/c1-29(27,28)15-6-4-14(5-7-15)26-18-16-8-2-12(11-24)10-13(16)3-9-17(18)19(25-26)20(21,22)23/h2-10H,1H3. The third kappa shape index (κ3) is 3.21. The van der Waals surface area contributed by atoms with Crippen LogP contribution >= 0.6 is 0 Å². The van der Waals surface area contributed by atoms with Gasteiger partial charge in [-0.1, -0.05) is 12.1 Å². The number of nitrogens with zero attached hydrogens (tertiary/aromatic N) is 3. The van der Waals surface area contributed by atoms with Crippen LogP contribution in [0, 0.1) is 11.3 Å². The molecule has 4 aromatic rings. The Balaban J connectivity index is 2.07. The predicted molar refractivity (Wildman–Crippen MR) is 101 cm³/mol. The summed E-state index contributed by atoms with van der Waals surface area (Å²) in [4.78, 5) is 0.0530. The molecule has 0 saturated heterocycles. The second kappa shape index (κ2) is 6.32. The summed E-state index contributed by atoms with van der Waals surface area (Å²) < 4.78 is 65.2. The van der Waals surface area contributed by atoms with Gasteiger partial charge >= 0.3 is 6.18 Å².